The Bertz CT molecular complexity index is 1560. The maximum Gasteiger partial charge on any atom is 0.433 e. The van der Waals surface area contributed by atoms with Crippen LogP contribution in [0.15, 0.2) is 58.0 Å². The van der Waals surface area contributed by atoms with Gasteiger partial charge in [-0.05, 0) is 37.5 Å². The average Bonchev–Trinajstić information content (AvgIpc) is 3.56. The second-order valence-electron chi connectivity index (χ2n) is 10.3. The van der Waals surface area contributed by atoms with Gasteiger partial charge in [-0.3, -0.25) is 19.3 Å². The molecule has 4 aliphatic rings. The third kappa shape index (κ3) is 4.34. The first-order valence-corrected chi connectivity index (χ1v) is 13.1. The normalized spacial score (nSPS) is 25.8. The number of nitrogens with one attached hydrogen (secondary N) is 1. The number of halogens is 4. The molecule has 10 nitrogen and oxygen atoms in total. The number of amidine groups is 1. The molecular weight excluding hydrogens is 549 g/mol. The second kappa shape index (κ2) is 9.39. The third-order valence-electron chi connectivity index (χ3n) is 7.81. The molecule has 14 heteroatoms. The largest absolute Gasteiger partial charge is 0.433 e. The first kappa shape index (κ1) is 26.4. The summed E-state index contributed by atoms with van der Waals surface area (Å²) in [6.07, 6.45) is 3.51. The third-order valence-corrected chi connectivity index (χ3v) is 8.12. The second-order valence-corrected chi connectivity index (χ2v) is 10.7. The predicted octanol–water partition coefficient (Wildman–Crippen LogP) is 3.96. The molecule has 3 N–H and O–H groups in total. The number of anilines is 1. The van der Waals surface area contributed by atoms with Gasteiger partial charge in [0.1, 0.15) is 17.6 Å². The maximum atomic E-state index is 13.1. The number of aromatic nitrogens is 2. The minimum absolute atomic E-state index is 0.0198. The van der Waals surface area contributed by atoms with Gasteiger partial charge in [-0.1, -0.05) is 11.6 Å². The van der Waals surface area contributed by atoms with Crippen molar-refractivity contribution in [2.45, 2.75) is 37.9 Å². The Morgan fingerprint density at radius 3 is 2.75 bits per heavy atom. The van der Waals surface area contributed by atoms with Crippen LogP contribution in [-0.2, 0) is 18.0 Å². The summed E-state index contributed by atoms with van der Waals surface area (Å²) in [6.45, 7) is 0.563. The van der Waals surface area contributed by atoms with E-state index in [0.717, 1.165) is 38.1 Å². The number of carbonyl (C=O) groups excluding carboxylic acids is 2. The lowest BCUT2D eigenvalue weighted by Gasteiger charge is -2.35. The number of benzene rings is 1. The van der Waals surface area contributed by atoms with Crippen molar-refractivity contribution in [2.24, 2.45) is 28.8 Å². The van der Waals surface area contributed by atoms with Gasteiger partial charge in [0.2, 0.25) is 11.6 Å². The number of nitrogens with two attached hydrogens (primary N) is 1. The van der Waals surface area contributed by atoms with Crippen LogP contribution in [0.1, 0.15) is 47.3 Å². The lowest BCUT2D eigenvalue weighted by molar-refractivity contribution is -0.750. The summed E-state index contributed by atoms with van der Waals surface area (Å²) >= 11 is 6.64. The van der Waals surface area contributed by atoms with Crippen molar-refractivity contribution in [1.29, 1.82) is 0 Å². The number of allylic oxidation sites excluding steroid dienone is 1. The van der Waals surface area contributed by atoms with Crippen molar-refractivity contribution < 1.29 is 27.4 Å². The molecular formula is C26H25ClF3N8O2+. The van der Waals surface area contributed by atoms with E-state index in [1.165, 1.54) is 12.1 Å². The van der Waals surface area contributed by atoms with E-state index in [2.05, 4.69) is 15.4 Å². The van der Waals surface area contributed by atoms with Crippen LogP contribution in [0.3, 0.4) is 0 Å². The van der Waals surface area contributed by atoms with Gasteiger partial charge >= 0.3 is 6.18 Å². The standard InChI is InChI=1S/C26H24ClF3N8O2/c1-36-20(26(28,29)30)11-21(35-36)33-25(40)14-3-6-17(18(27)10-14)24-34-23(19-12-32-8-9-38(19,24)31)15-2-4-16-5-7-22(39)37(16)13-15/h3,6,8-12,15-16H,2,4-5,7,13,31H2,1H3/p+1/t15-,16+,38?/m1/s1. The highest BCUT2D eigenvalue weighted by atomic mass is 35.5. The first-order chi connectivity index (χ1) is 19.0. The summed E-state index contributed by atoms with van der Waals surface area (Å²) < 4.78 is 39.6. The number of rotatable bonds is 4. The molecule has 2 amide bonds. The van der Waals surface area contributed by atoms with Gasteiger partial charge in [0, 0.05) is 43.6 Å². The summed E-state index contributed by atoms with van der Waals surface area (Å²) in [4.78, 5) is 36.4. The van der Waals surface area contributed by atoms with E-state index in [0.29, 0.717) is 34.7 Å². The maximum absolute atomic E-state index is 13.1. The molecule has 1 aromatic heterocycles. The SMILES string of the molecule is Cn1nc(NC(=O)c2ccc(C3=NC([C@@H]4CC[C@H]5CCC(=O)N5C4)=C4C=NC=C[N+]34N)c(Cl)c2)cc1C(F)(F)F. The van der Waals surface area contributed by atoms with Gasteiger partial charge in [-0.25, -0.2) is 0 Å². The molecule has 0 saturated carbocycles. The van der Waals surface area contributed by atoms with Crippen LogP contribution in [0.2, 0.25) is 5.02 Å². The van der Waals surface area contributed by atoms with E-state index in [1.54, 1.807) is 24.7 Å². The zero-order valence-corrected chi connectivity index (χ0v) is 22.1. The summed E-state index contributed by atoms with van der Waals surface area (Å²) in [5.74, 6) is 6.49. The zero-order chi connectivity index (χ0) is 28.4. The van der Waals surface area contributed by atoms with Gasteiger partial charge in [0.15, 0.2) is 5.82 Å². The van der Waals surface area contributed by atoms with Gasteiger partial charge in [0.05, 0.1) is 23.0 Å². The van der Waals surface area contributed by atoms with E-state index in [4.69, 9.17) is 22.4 Å². The molecule has 208 valence electrons. The quantitative estimate of drug-likeness (QED) is 0.425. The molecule has 1 aromatic carbocycles. The van der Waals surface area contributed by atoms with E-state index in [-0.39, 0.29) is 38.9 Å². The molecule has 2 saturated heterocycles. The van der Waals surface area contributed by atoms with Gasteiger partial charge in [0.25, 0.3) is 11.7 Å². The number of alkyl halides is 3. The van der Waals surface area contributed by atoms with Gasteiger partial charge in [-0.2, -0.15) is 29.1 Å². The van der Waals surface area contributed by atoms with Crippen LogP contribution in [0.25, 0.3) is 0 Å². The monoisotopic (exact) mass is 573 g/mol. The van der Waals surface area contributed by atoms with Crippen molar-refractivity contribution in [3.8, 4) is 0 Å². The molecule has 2 fully saturated rings. The number of nitrogens with zero attached hydrogens (tertiary/aromatic N) is 6. The summed E-state index contributed by atoms with van der Waals surface area (Å²) in [5.41, 5.74) is 1.03. The molecule has 6 rings (SSSR count). The number of aryl methyl sites for hydroxylation is 1. The van der Waals surface area contributed by atoms with Crippen LogP contribution >= 0.6 is 11.6 Å². The van der Waals surface area contributed by atoms with Crippen molar-refractivity contribution in [2.75, 3.05) is 11.9 Å². The highest BCUT2D eigenvalue weighted by Crippen LogP contribution is 2.41. The van der Waals surface area contributed by atoms with E-state index in [1.807, 2.05) is 4.90 Å². The molecule has 1 unspecified atom stereocenters. The topological polar surface area (TPSA) is 118 Å². The van der Waals surface area contributed by atoms with Crippen LogP contribution < -0.4 is 11.2 Å². The van der Waals surface area contributed by atoms with Crippen molar-refractivity contribution in [3.05, 3.63) is 69.9 Å². The predicted molar refractivity (Wildman–Crippen MR) is 141 cm³/mol. The average molecular weight is 574 g/mol. The number of hydrogen-bond donors (Lipinski definition) is 2. The number of hydrogen-bond acceptors (Lipinski definition) is 6. The Balaban J connectivity index is 1.28. The number of amides is 2. The molecule has 0 bridgehead atoms. The molecule has 3 atom stereocenters. The number of carbonyl (C=O) groups is 2. The van der Waals surface area contributed by atoms with Crippen LogP contribution in [-0.4, -0.2) is 55.7 Å². The lowest BCUT2D eigenvalue weighted by Crippen LogP contribution is -2.53. The van der Waals surface area contributed by atoms with Crippen molar-refractivity contribution in [1.82, 2.24) is 14.7 Å². The molecule has 0 spiro atoms. The Hall–Kier alpha value is -3.81. The van der Waals surface area contributed by atoms with Crippen LogP contribution in [0.4, 0.5) is 19.0 Å². The van der Waals surface area contributed by atoms with Crippen molar-refractivity contribution in [3.63, 3.8) is 0 Å². The molecule has 5 heterocycles. The van der Waals surface area contributed by atoms with Gasteiger partial charge in [-0.15, -0.1) is 4.59 Å². The fourth-order valence-corrected chi connectivity index (χ4v) is 6.06. The highest BCUT2D eigenvalue weighted by molar-refractivity contribution is 6.34. The fourth-order valence-electron chi connectivity index (χ4n) is 5.80. The summed E-state index contributed by atoms with van der Waals surface area (Å²) in [7, 11) is 1.14. The van der Waals surface area contributed by atoms with Crippen LogP contribution in [0.5, 0.6) is 0 Å². The highest BCUT2D eigenvalue weighted by Gasteiger charge is 2.48. The fraction of sp³-hybridized carbons (Fsp3) is 0.346. The molecule has 2 aromatic rings. The smallest absolute Gasteiger partial charge is 0.339 e. The number of piperidine rings is 1. The van der Waals surface area contributed by atoms with E-state index < -0.39 is 17.8 Å². The Labute approximate surface area is 231 Å². The minimum atomic E-state index is -4.61. The number of aliphatic imine (C=N–C) groups is 2. The zero-order valence-electron chi connectivity index (χ0n) is 21.3. The molecule has 40 heavy (non-hydrogen) atoms. The van der Waals surface area contributed by atoms with Gasteiger partial charge < -0.3 is 10.2 Å². The van der Waals surface area contributed by atoms with E-state index in [9.17, 15) is 22.8 Å². The minimum Gasteiger partial charge on any atom is -0.339 e. The molecule has 0 aliphatic carbocycles. The van der Waals surface area contributed by atoms with Crippen molar-refractivity contribution >= 4 is 41.3 Å². The van der Waals surface area contributed by atoms with E-state index >= 15 is 0 Å². The Kier molecular flexibility index (Phi) is 6.20. The molecule has 0 radical (unpaired) electrons. The van der Waals surface area contributed by atoms with Crippen LogP contribution in [0, 0.1) is 5.92 Å². The number of quaternary nitrogens is 1. The number of fused-ring (bicyclic) bond motifs is 2. The lowest BCUT2D eigenvalue weighted by atomic mass is 9.90. The first-order valence-electron chi connectivity index (χ1n) is 12.7. The summed E-state index contributed by atoms with van der Waals surface area (Å²) in [5, 5.41) is 6.28. The molecule has 4 aliphatic heterocycles. The summed E-state index contributed by atoms with van der Waals surface area (Å²) in [6, 6.07) is 5.53. The Morgan fingerprint density at radius 1 is 1.23 bits per heavy atom. The Morgan fingerprint density at radius 2 is 2.02 bits per heavy atom.